The highest BCUT2D eigenvalue weighted by Crippen LogP contribution is 2.33. The number of halogens is 2. The van der Waals surface area contributed by atoms with Crippen LogP contribution < -0.4 is 10.1 Å². The fourth-order valence-corrected chi connectivity index (χ4v) is 3.37. The topological polar surface area (TPSA) is 84.9 Å². The van der Waals surface area contributed by atoms with Crippen molar-refractivity contribution in [3.63, 3.8) is 0 Å². The van der Waals surface area contributed by atoms with Crippen molar-refractivity contribution in [1.82, 2.24) is 5.32 Å². The molecule has 1 fully saturated rings. The number of amides is 1. The standard InChI is InChI=1S/C20H27Cl2NO5/c1-11(27-14-5-6-15(21)16(22)9-14)18(25)23-10-13-7-12(8-17(13)24)19(26)28-20(2,3)4/h5-6,9,11-13,17,24H,7-8,10H2,1-4H3,(H,23,25)/t11-,12+,13-,17-/m0/s1. The number of hydrogen-bond donors (Lipinski definition) is 2. The molecule has 1 aliphatic carbocycles. The van der Waals surface area contributed by atoms with Crippen LogP contribution in [0, 0.1) is 11.8 Å². The second-order valence-electron chi connectivity index (χ2n) is 8.11. The quantitative estimate of drug-likeness (QED) is 0.671. The van der Waals surface area contributed by atoms with Gasteiger partial charge in [0.15, 0.2) is 6.10 Å². The van der Waals surface area contributed by atoms with Crippen LogP contribution >= 0.6 is 23.2 Å². The first-order valence-electron chi connectivity index (χ1n) is 9.26. The Morgan fingerprint density at radius 3 is 2.54 bits per heavy atom. The summed E-state index contributed by atoms with van der Waals surface area (Å²) in [7, 11) is 0. The van der Waals surface area contributed by atoms with E-state index in [-0.39, 0.29) is 30.3 Å². The van der Waals surface area contributed by atoms with Crippen LogP contribution in [-0.4, -0.2) is 41.3 Å². The minimum atomic E-state index is -0.752. The Kier molecular flexibility index (Phi) is 7.59. The van der Waals surface area contributed by atoms with E-state index in [1.165, 1.54) is 0 Å². The Morgan fingerprint density at radius 2 is 1.93 bits per heavy atom. The van der Waals surface area contributed by atoms with Crippen LogP contribution in [0.25, 0.3) is 0 Å². The maximum atomic E-state index is 12.3. The third kappa shape index (κ3) is 6.54. The molecule has 6 nitrogen and oxygen atoms in total. The van der Waals surface area contributed by atoms with Gasteiger partial charge in [0.05, 0.1) is 22.1 Å². The highest BCUT2D eigenvalue weighted by Gasteiger charge is 2.39. The van der Waals surface area contributed by atoms with E-state index in [0.717, 1.165) is 0 Å². The van der Waals surface area contributed by atoms with Crippen molar-refractivity contribution in [3.05, 3.63) is 28.2 Å². The first kappa shape index (κ1) is 22.8. The smallest absolute Gasteiger partial charge is 0.309 e. The molecule has 2 N–H and O–H groups in total. The number of rotatable bonds is 6. The molecule has 0 saturated heterocycles. The Balaban J connectivity index is 1.83. The molecule has 0 aromatic heterocycles. The zero-order valence-corrected chi connectivity index (χ0v) is 18.0. The lowest BCUT2D eigenvalue weighted by atomic mass is 10.0. The molecule has 1 saturated carbocycles. The van der Waals surface area contributed by atoms with Crippen LogP contribution in [-0.2, 0) is 14.3 Å². The van der Waals surface area contributed by atoms with Gasteiger partial charge in [-0.15, -0.1) is 0 Å². The molecule has 0 heterocycles. The van der Waals surface area contributed by atoms with Crippen LogP contribution in [0.4, 0.5) is 0 Å². The van der Waals surface area contributed by atoms with Gasteiger partial charge in [0.1, 0.15) is 11.4 Å². The van der Waals surface area contributed by atoms with E-state index in [0.29, 0.717) is 28.6 Å². The summed E-state index contributed by atoms with van der Waals surface area (Å²) in [6.07, 6.45) is -0.607. The summed E-state index contributed by atoms with van der Waals surface area (Å²) in [6.45, 7) is 7.30. The molecule has 0 bridgehead atoms. The lowest BCUT2D eigenvalue weighted by Gasteiger charge is -2.22. The molecule has 2 rings (SSSR count). The van der Waals surface area contributed by atoms with Crippen LogP contribution in [0.3, 0.4) is 0 Å². The number of aliphatic hydroxyl groups is 1. The first-order valence-corrected chi connectivity index (χ1v) is 10.0. The largest absolute Gasteiger partial charge is 0.481 e. The highest BCUT2D eigenvalue weighted by molar-refractivity contribution is 6.42. The molecule has 0 aliphatic heterocycles. The summed E-state index contributed by atoms with van der Waals surface area (Å²) in [5, 5.41) is 13.8. The van der Waals surface area contributed by atoms with Gasteiger partial charge in [-0.3, -0.25) is 9.59 Å². The van der Waals surface area contributed by atoms with Gasteiger partial charge in [-0.2, -0.15) is 0 Å². The lowest BCUT2D eigenvalue weighted by Crippen LogP contribution is -2.40. The van der Waals surface area contributed by atoms with E-state index in [4.69, 9.17) is 32.7 Å². The monoisotopic (exact) mass is 431 g/mol. The molecule has 8 heteroatoms. The van der Waals surface area contributed by atoms with Crippen LogP contribution in [0.5, 0.6) is 5.75 Å². The van der Waals surface area contributed by atoms with Crippen LogP contribution in [0.2, 0.25) is 10.0 Å². The zero-order valence-electron chi connectivity index (χ0n) is 16.5. The summed E-state index contributed by atoms with van der Waals surface area (Å²) < 4.78 is 11.0. The molecule has 1 amide bonds. The van der Waals surface area contributed by atoms with Gasteiger partial charge in [-0.25, -0.2) is 0 Å². The van der Waals surface area contributed by atoms with Gasteiger partial charge in [0.25, 0.3) is 5.91 Å². The van der Waals surface area contributed by atoms with Gasteiger partial charge in [0, 0.05) is 18.5 Å². The Bertz CT molecular complexity index is 719. The van der Waals surface area contributed by atoms with Gasteiger partial charge < -0.3 is 19.9 Å². The second-order valence-corrected chi connectivity index (χ2v) is 8.92. The Hall–Kier alpha value is -1.50. The first-order chi connectivity index (χ1) is 13.0. The Morgan fingerprint density at radius 1 is 1.25 bits per heavy atom. The van der Waals surface area contributed by atoms with Crippen molar-refractivity contribution < 1.29 is 24.2 Å². The molecule has 1 aromatic rings. The van der Waals surface area contributed by atoms with Gasteiger partial charge in [0.2, 0.25) is 0 Å². The second kappa shape index (κ2) is 9.33. The summed E-state index contributed by atoms with van der Waals surface area (Å²) >= 11 is 11.8. The van der Waals surface area contributed by atoms with Gasteiger partial charge in [-0.05, 0) is 52.7 Å². The number of hydrogen-bond acceptors (Lipinski definition) is 5. The number of ether oxygens (including phenoxy) is 2. The van der Waals surface area contributed by atoms with Crippen molar-refractivity contribution in [3.8, 4) is 5.75 Å². The van der Waals surface area contributed by atoms with E-state index in [9.17, 15) is 14.7 Å². The molecule has 0 radical (unpaired) electrons. The molecule has 0 spiro atoms. The number of nitrogens with one attached hydrogen (secondary N) is 1. The van der Waals surface area contributed by atoms with Crippen molar-refractivity contribution in [2.75, 3.05) is 6.54 Å². The predicted octanol–water partition coefficient (Wildman–Crippen LogP) is 3.61. The maximum absolute atomic E-state index is 12.3. The lowest BCUT2D eigenvalue weighted by molar-refractivity contribution is -0.160. The van der Waals surface area contributed by atoms with E-state index in [2.05, 4.69) is 5.32 Å². The van der Waals surface area contributed by atoms with E-state index in [1.807, 2.05) is 20.8 Å². The normalized spacial score (nSPS) is 23.2. The van der Waals surface area contributed by atoms with Gasteiger partial charge >= 0.3 is 5.97 Å². The third-order valence-corrected chi connectivity index (χ3v) is 5.25. The molecule has 4 atom stereocenters. The molecule has 28 heavy (non-hydrogen) atoms. The SMILES string of the molecule is C[C@H](Oc1ccc(Cl)c(Cl)c1)C(=O)NC[C@@H]1C[C@@H](C(=O)OC(C)(C)C)C[C@@H]1O. The maximum Gasteiger partial charge on any atom is 0.309 e. The molecular weight excluding hydrogens is 405 g/mol. The Labute approximate surface area is 175 Å². The number of benzene rings is 1. The van der Waals surface area contributed by atoms with Crippen molar-refractivity contribution >= 4 is 35.1 Å². The molecular formula is C20H27Cl2NO5. The van der Waals surface area contributed by atoms with Crippen molar-refractivity contribution in [2.45, 2.75) is 58.3 Å². The van der Waals surface area contributed by atoms with Crippen LogP contribution in [0.15, 0.2) is 18.2 Å². The summed E-state index contributed by atoms with van der Waals surface area (Å²) in [5.74, 6) is -0.765. The number of carbonyl (C=O) groups excluding carboxylic acids is 2. The summed E-state index contributed by atoms with van der Waals surface area (Å²) in [5.41, 5.74) is -0.564. The molecule has 1 aromatic carbocycles. The fraction of sp³-hybridized carbons (Fsp3) is 0.600. The van der Waals surface area contributed by atoms with E-state index >= 15 is 0 Å². The number of esters is 1. The van der Waals surface area contributed by atoms with Gasteiger partial charge in [-0.1, -0.05) is 23.2 Å². The fourth-order valence-electron chi connectivity index (χ4n) is 3.08. The average molecular weight is 432 g/mol. The average Bonchev–Trinajstić information content (AvgIpc) is 2.95. The van der Waals surface area contributed by atoms with E-state index < -0.39 is 17.8 Å². The predicted molar refractivity (Wildman–Crippen MR) is 108 cm³/mol. The van der Waals surface area contributed by atoms with Crippen molar-refractivity contribution in [1.29, 1.82) is 0 Å². The summed E-state index contributed by atoms with van der Waals surface area (Å²) in [4.78, 5) is 24.5. The third-order valence-electron chi connectivity index (χ3n) is 4.51. The highest BCUT2D eigenvalue weighted by atomic mass is 35.5. The minimum Gasteiger partial charge on any atom is -0.481 e. The number of carbonyl (C=O) groups is 2. The van der Waals surface area contributed by atoms with Crippen molar-refractivity contribution in [2.24, 2.45) is 11.8 Å². The molecule has 1 aliphatic rings. The van der Waals surface area contributed by atoms with E-state index in [1.54, 1.807) is 25.1 Å². The molecule has 156 valence electrons. The summed E-state index contributed by atoms with van der Waals surface area (Å²) in [6, 6.07) is 4.76. The minimum absolute atomic E-state index is 0.210. The molecule has 0 unspecified atom stereocenters. The van der Waals surface area contributed by atoms with Crippen LogP contribution in [0.1, 0.15) is 40.5 Å². The number of aliphatic hydroxyl groups excluding tert-OH is 1. The zero-order chi connectivity index (χ0) is 21.1.